The third kappa shape index (κ3) is 5.05. The van der Waals surface area contributed by atoms with Crippen molar-refractivity contribution < 1.29 is 9.18 Å². The number of piperidine rings is 1. The summed E-state index contributed by atoms with van der Waals surface area (Å²) >= 11 is 0. The third-order valence-electron chi connectivity index (χ3n) is 4.65. The number of benzene rings is 2. The van der Waals surface area contributed by atoms with Gasteiger partial charge in [-0.15, -0.1) is 0 Å². The van der Waals surface area contributed by atoms with Crippen LogP contribution in [0.4, 0.5) is 15.8 Å². The van der Waals surface area contributed by atoms with Crippen LogP contribution in [-0.4, -0.2) is 37.5 Å². The van der Waals surface area contributed by atoms with Crippen LogP contribution in [0.2, 0.25) is 0 Å². The van der Waals surface area contributed by atoms with Gasteiger partial charge in [0.15, 0.2) is 0 Å². The van der Waals surface area contributed by atoms with E-state index in [1.54, 1.807) is 12.1 Å². The highest BCUT2D eigenvalue weighted by atomic mass is 19.1. The molecule has 0 atom stereocenters. The van der Waals surface area contributed by atoms with Crippen LogP contribution in [0.25, 0.3) is 0 Å². The van der Waals surface area contributed by atoms with Gasteiger partial charge < -0.3 is 10.2 Å². The predicted octanol–water partition coefficient (Wildman–Crippen LogP) is 3.89. The smallest absolute Gasteiger partial charge is 0.238 e. The first-order valence-corrected chi connectivity index (χ1v) is 9.18. The van der Waals surface area contributed by atoms with E-state index in [-0.39, 0.29) is 18.3 Å². The fourth-order valence-electron chi connectivity index (χ4n) is 3.45. The van der Waals surface area contributed by atoms with E-state index in [0.717, 1.165) is 13.1 Å². The number of para-hydroxylation sites is 1. The molecule has 26 heavy (non-hydrogen) atoms. The fourth-order valence-corrected chi connectivity index (χ4v) is 3.45. The minimum atomic E-state index is -0.355. The van der Waals surface area contributed by atoms with E-state index in [1.807, 2.05) is 18.0 Å². The minimum absolute atomic E-state index is 0.145. The van der Waals surface area contributed by atoms with Crippen LogP contribution >= 0.6 is 0 Å². The average molecular weight is 355 g/mol. The van der Waals surface area contributed by atoms with Crippen LogP contribution in [0.1, 0.15) is 24.8 Å². The second-order valence-corrected chi connectivity index (χ2v) is 6.91. The summed E-state index contributed by atoms with van der Waals surface area (Å²) in [5, 5.41) is 2.75. The SMILES string of the molecule is CN(CC(=O)Nc1cccc(F)c1)Cc1ccccc1N1CCCCC1. The summed E-state index contributed by atoms with van der Waals surface area (Å²) in [6.07, 6.45) is 3.78. The highest BCUT2D eigenvalue weighted by molar-refractivity contribution is 5.92. The number of likely N-dealkylation sites (N-methyl/N-ethyl adjacent to an activating group) is 1. The number of hydrogen-bond donors (Lipinski definition) is 1. The van der Waals surface area contributed by atoms with Crippen molar-refractivity contribution in [2.75, 3.05) is 36.9 Å². The van der Waals surface area contributed by atoms with Gasteiger partial charge in [0.2, 0.25) is 5.91 Å². The van der Waals surface area contributed by atoms with Crippen molar-refractivity contribution in [3.05, 3.63) is 59.9 Å². The van der Waals surface area contributed by atoms with Gasteiger partial charge in [0.25, 0.3) is 0 Å². The van der Waals surface area contributed by atoms with E-state index in [9.17, 15) is 9.18 Å². The van der Waals surface area contributed by atoms with Crippen molar-refractivity contribution in [2.24, 2.45) is 0 Å². The fraction of sp³-hybridized carbons (Fsp3) is 0.381. The van der Waals surface area contributed by atoms with Crippen molar-refractivity contribution in [3.63, 3.8) is 0 Å². The molecular formula is C21H26FN3O. The second-order valence-electron chi connectivity index (χ2n) is 6.91. The molecule has 2 aromatic carbocycles. The molecule has 1 fully saturated rings. The number of nitrogens with zero attached hydrogens (tertiary/aromatic N) is 2. The predicted molar refractivity (Wildman–Crippen MR) is 104 cm³/mol. The second kappa shape index (κ2) is 8.81. The van der Waals surface area contributed by atoms with Crippen LogP contribution in [0.15, 0.2) is 48.5 Å². The topological polar surface area (TPSA) is 35.6 Å². The summed E-state index contributed by atoms with van der Waals surface area (Å²) in [5.74, 6) is -0.500. The van der Waals surface area contributed by atoms with Crippen molar-refractivity contribution in [1.82, 2.24) is 4.90 Å². The number of rotatable bonds is 6. The van der Waals surface area contributed by atoms with Crippen molar-refractivity contribution >= 4 is 17.3 Å². The molecule has 0 radical (unpaired) electrons. The maximum atomic E-state index is 13.2. The first kappa shape index (κ1) is 18.4. The van der Waals surface area contributed by atoms with Crippen LogP contribution in [0, 0.1) is 5.82 Å². The zero-order valence-corrected chi connectivity index (χ0v) is 15.2. The number of amides is 1. The van der Waals surface area contributed by atoms with E-state index in [1.165, 1.54) is 42.6 Å². The molecule has 2 aromatic rings. The Morgan fingerprint density at radius 1 is 1.12 bits per heavy atom. The normalized spacial score (nSPS) is 14.5. The van der Waals surface area contributed by atoms with Crippen LogP contribution in [0.5, 0.6) is 0 Å². The molecule has 1 aliphatic rings. The summed E-state index contributed by atoms with van der Waals surface area (Å²) in [6, 6.07) is 14.4. The molecule has 138 valence electrons. The maximum absolute atomic E-state index is 13.2. The van der Waals surface area contributed by atoms with Gasteiger partial charge in [0.1, 0.15) is 5.82 Å². The molecule has 1 amide bonds. The molecule has 4 nitrogen and oxygen atoms in total. The van der Waals surface area contributed by atoms with Crippen molar-refractivity contribution in [1.29, 1.82) is 0 Å². The monoisotopic (exact) mass is 355 g/mol. The largest absolute Gasteiger partial charge is 0.371 e. The lowest BCUT2D eigenvalue weighted by Gasteiger charge is -2.31. The molecule has 1 heterocycles. The minimum Gasteiger partial charge on any atom is -0.371 e. The number of anilines is 2. The molecule has 0 aromatic heterocycles. The molecule has 1 aliphatic heterocycles. The molecule has 0 unspecified atom stereocenters. The van der Waals surface area contributed by atoms with Gasteiger partial charge >= 0.3 is 0 Å². The summed E-state index contributed by atoms with van der Waals surface area (Å²) in [6.45, 7) is 3.15. The lowest BCUT2D eigenvalue weighted by Crippen LogP contribution is -2.33. The van der Waals surface area contributed by atoms with Gasteiger partial charge in [-0.25, -0.2) is 4.39 Å². The maximum Gasteiger partial charge on any atom is 0.238 e. The summed E-state index contributed by atoms with van der Waals surface area (Å²) in [5.41, 5.74) is 2.98. The molecule has 0 bridgehead atoms. The first-order chi connectivity index (χ1) is 12.6. The van der Waals surface area contributed by atoms with E-state index in [2.05, 4.69) is 28.4 Å². The highest BCUT2D eigenvalue weighted by Crippen LogP contribution is 2.25. The number of carbonyl (C=O) groups is 1. The molecule has 3 rings (SSSR count). The molecular weight excluding hydrogens is 329 g/mol. The summed E-state index contributed by atoms with van der Waals surface area (Å²) in [4.78, 5) is 16.7. The Hall–Kier alpha value is -2.40. The van der Waals surface area contributed by atoms with Crippen LogP contribution in [0.3, 0.4) is 0 Å². The molecule has 1 N–H and O–H groups in total. The van der Waals surface area contributed by atoms with E-state index in [4.69, 9.17) is 0 Å². The molecule has 1 saturated heterocycles. The van der Waals surface area contributed by atoms with E-state index in [0.29, 0.717) is 12.2 Å². The van der Waals surface area contributed by atoms with Gasteiger partial charge in [0.05, 0.1) is 6.54 Å². The molecule has 5 heteroatoms. The van der Waals surface area contributed by atoms with Gasteiger partial charge in [-0.2, -0.15) is 0 Å². The highest BCUT2D eigenvalue weighted by Gasteiger charge is 2.16. The Balaban J connectivity index is 1.59. The molecule has 0 saturated carbocycles. The van der Waals surface area contributed by atoms with Crippen molar-refractivity contribution in [3.8, 4) is 0 Å². The Morgan fingerprint density at radius 3 is 2.65 bits per heavy atom. The molecule has 0 aliphatic carbocycles. The third-order valence-corrected chi connectivity index (χ3v) is 4.65. The number of hydrogen-bond acceptors (Lipinski definition) is 3. The summed E-state index contributed by atoms with van der Waals surface area (Å²) in [7, 11) is 1.93. The molecule has 0 spiro atoms. The van der Waals surface area contributed by atoms with Gasteiger partial charge in [-0.3, -0.25) is 9.69 Å². The lowest BCUT2D eigenvalue weighted by atomic mass is 10.1. The zero-order chi connectivity index (χ0) is 18.4. The van der Waals surface area contributed by atoms with Crippen LogP contribution in [-0.2, 0) is 11.3 Å². The Kier molecular flexibility index (Phi) is 6.23. The Morgan fingerprint density at radius 2 is 1.88 bits per heavy atom. The number of carbonyl (C=O) groups excluding carboxylic acids is 1. The lowest BCUT2D eigenvalue weighted by molar-refractivity contribution is -0.117. The van der Waals surface area contributed by atoms with Crippen LogP contribution < -0.4 is 10.2 Å². The number of nitrogens with one attached hydrogen (secondary N) is 1. The standard InChI is InChI=1S/C21H26FN3O/c1-24(16-21(26)23-19-10-7-9-18(22)14-19)15-17-8-3-4-11-20(17)25-12-5-2-6-13-25/h3-4,7-11,14H,2,5-6,12-13,15-16H2,1H3,(H,23,26). The van der Waals surface area contributed by atoms with E-state index >= 15 is 0 Å². The quantitative estimate of drug-likeness (QED) is 0.854. The average Bonchev–Trinajstić information content (AvgIpc) is 2.62. The van der Waals surface area contributed by atoms with Crippen molar-refractivity contribution in [2.45, 2.75) is 25.8 Å². The number of halogens is 1. The Bertz CT molecular complexity index is 744. The van der Waals surface area contributed by atoms with E-state index < -0.39 is 0 Å². The van der Waals surface area contributed by atoms with Gasteiger partial charge in [-0.1, -0.05) is 24.3 Å². The zero-order valence-electron chi connectivity index (χ0n) is 15.2. The van der Waals surface area contributed by atoms with Gasteiger partial charge in [-0.05, 0) is 56.1 Å². The Labute approximate surface area is 154 Å². The first-order valence-electron chi connectivity index (χ1n) is 9.18. The van der Waals surface area contributed by atoms with Gasteiger partial charge in [0, 0.05) is 31.0 Å². The summed E-state index contributed by atoms with van der Waals surface area (Å²) < 4.78 is 13.2.